The zero-order valence-corrected chi connectivity index (χ0v) is 15.9. The van der Waals surface area contributed by atoms with Crippen LogP contribution >= 0.6 is 22.9 Å². The molecule has 0 unspecified atom stereocenters. The van der Waals surface area contributed by atoms with Crippen LogP contribution in [0.5, 0.6) is 0 Å². The van der Waals surface area contributed by atoms with Crippen molar-refractivity contribution in [3.63, 3.8) is 0 Å². The molecule has 2 aromatic heterocycles. The lowest BCUT2D eigenvalue weighted by molar-refractivity contribution is -0.119. The summed E-state index contributed by atoms with van der Waals surface area (Å²) in [5.74, 6) is -1.60. The van der Waals surface area contributed by atoms with Gasteiger partial charge in [-0.3, -0.25) is 4.79 Å². The van der Waals surface area contributed by atoms with E-state index >= 15 is 0 Å². The number of amides is 1. The van der Waals surface area contributed by atoms with E-state index in [9.17, 15) is 14.4 Å². The van der Waals surface area contributed by atoms with Crippen LogP contribution in [0.3, 0.4) is 0 Å². The molecule has 1 aliphatic rings. The lowest BCUT2D eigenvalue weighted by Crippen LogP contribution is -2.21. The number of nitrogens with one attached hydrogen (secondary N) is 1. The largest absolute Gasteiger partial charge is 0.462 e. The molecule has 0 aromatic carbocycles. The number of esters is 2. The van der Waals surface area contributed by atoms with Crippen LogP contribution < -0.4 is 5.32 Å². The third kappa shape index (κ3) is 3.75. The molecule has 0 saturated heterocycles. The number of aromatic nitrogens is 2. The normalized spacial score (nSPS) is 12.5. The molecule has 2 aromatic rings. The third-order valence-corrected chi connectivity index (χ3v) is 5.84. The van der Waals surface area contributed by atoms with Crippen molar-refractivity contribution >= 4 is 45.7 Å². The fourth-order valence-corrected chi connectivity index (χ4v) is 4.53. The van der Waals surface area contributed by atoms with Crippen LogP contribution in [-0.2, 0) is 27.1 Å². The molecule has 0 aliphatic heterocycles. The molecule has 0 fully saturated rings. The summed E-state index contributed by atoms with van der Waals surface area (Å²) in [5.41, 5.74) is 1.83. The predicted octanol–water partition coefficient (Wildman–Crippen LogP) is 2.37. The highest BCUT2D eigenvalue weighted by atomic mass is 32.1. The van der Waals surface area contributed by atoms with Gasteiger partial charge in [-0.15, -0.1) is 16.4 Å². The second-order valence-corrected chi connectivity index (χ2v) is 7.45. The summed E-state index contributed by atoms with van der Waals surface area (Å²) in [5, 5.41) is 6.84. The summed E-state index contributed by atoms with van der Waals surface area (Å²) in [6.07, 6.45) is 2.67. The predicted molar refractivity (Wildman–Crippen MR) is 95.9 cm³/mol. The maximum absolute atomic E-state index is 12.3. The highest BCUT2D eigenvalue weighted by Crippen LogP contribution is 2.39. The van der Waals surface area contributed by atoms with Crippen molar-refractivity contribution in [2.45, 2.75) is 33.1 Å². The van der Waals surface area contributed by atoms with Crippen LogP contribution in [0.25, 0.3) is 0 Å². The molecule has 10 heteroatoms. The van der Waals surface area contributed by atoms with Gasteiger partial charge in [0.05, 0.1) is 17.9 Å². The number of ether oxygens (including phenoxy) is 2. The Labute approximate surface area is 157 Å². The molecular weight excluding hydrogens is 378 g/mol. The summed E-state index contributed by atoms with van der Waals surface area (Å²) in [6.45, 7) is 3.18. The molecular formula is C16H17N3O5S2. The molecule has 8 nitrogen and oxygen atoms in total. The van der Waals surface area contributed by atoms with Gasteiger partial charge >= 0.3 is 11.9 Å². The Morgan fingerprint density at radius 1 is 1.19 bits per heavy atom. The molecule has 0 spiro atoms. The molecule has 0 bridgehead atoms. The van der Waals surface area contributed by atoms with Gasteiger partial charge in [0, 0.05) is 4.88 Å². The van der Waals surface area contributed by atoms with E-state index in [2.05, 4.69) is 14.9 Å². The quantitative estimate of drug-likeness (QED) is 0.748. The summed E-state index contributed by atoms with van der Waals surface area (Å²) in [7, 11) is 0. The molecule has 26 heavy (non-hydrogen) atoms. The Bertz CT molecular complexity index is 858. The van der Waals surface area contributed by atoms with E-state index in [-0.39, 0.29) is 11.5 Å². The van der Waals surface area contributed by atoms with Gasteiger partial charge in [0.1, 0.15) is 5.00 Å². The van der Waals surface area contributed by atoms with Gasteiger partial charge in [-0.1, -0.05) is 4.49 Å². The SMILES string of the molecule is CCOC(=O)c1c(NC(=O)COC(=O)c2snnc2C)sc2c1CCC2. The number of hydrogen-bond acceptors (Lipinski definition) is 9. The van der Waals surface area contributed by atoms with Crippen LogP contribution in [0, 0.1) is 6.92 Å². The van der Waals surface area contributed by atoms with Crippen LogP contribution in [0.1, 0.15) is 49.5 Å². The van der Waals surface area contributed by atoms with Crippen molar-refractivity contribution in [3.8, 4) is 0 Å². The number of hydrogen-bond donors (Lipinski definition) is 1. The number of nitrogens with zero attached hydrogens (tertiary/aromatic N) is 2. The Morgan fingerprint density at radius 2 is 2.00 bits per heavy atom. The zero-order chi connectivity index (χ0) is 18.7. The lowest BCUT2D eigenvalue weighted by Gasteiger charge is -2.08. The van der Waals surface area contributed by atoms with Crippen molar-refractivity contribution in [3.05, 3.63) is 26.6 Å². The number of rotatable bonds is 6. The molecule has 138 valence electrons. The van der Waals surface area contributed by atoms with E-state index in [1.807, 2.05) is 0 Å². The van der Waals surface area contributed by atoms with Crippen molar-refractivity contribution in [2.75, 3.05) is 18.5 Å². The number of anilines is 1. The van der Waals surface area contributed by atoms with Gasteiger partial charge in [0.25, 0.3) is 5.91 Å². The summed E-state index contributed by atoms with van der Waals surface area (Å²) < 4.78 is 13.8. The van der Waals surface area contributed by atoms with E-state index in [4.69, 9.17) is 9.47 Å². The number of aryl methyl sites for hydroxylation is 2. The van der Waals surface area contributed by atoms with Crippen LogP contribution in [0.4, 0.5) is 5.00 Å². The lowest BCUT2D eigenvalue weighted by atomic mass is 10.1. The first kappa shape index (κ1) is 18.5. The monoisotopic (exact) mass is 395 g/mol. The van der Waals surface area contributed by atoms with E-state index in [0.29, 0.717) is 16.3 Å². The average molecular weight is 395 g/mol. The number of fused-ring (bicyclic) bond motifs is 1. The van der Waals surface area contributed by atoms with Gasteiger partial charge in [0.2, 0.25) is 0 Å². The van der Waals surface area contributed by atoms with E-state index in [0.717, 1.165) is 41.2 Å². The van der Waals surface area contributed by atoms with Crippen LogP contribution in [-0.4, -0.2) is 40.6 Å². The molecule has 0 saturated carbocycles. The van der Waals surface area contributed by atoms with Crippen LogP contribution in [0.2, 0.25) is 0 Å². The first-order chi connectivity index (χ1) is 12.5. The molecule has 1 aliphatic carbocycles. The third-order valence-electron chi connectivity index (χ3n) is 3.83. The minimum atomic E-state index is -0.646. The second-order valence-electron chi connectivity index (χ2n) is 5.59. The smallest absolute Gasteiger partial charge is 0.352 e. The molecule has 0 atom stereocenters. The molecule has 3 rings (SSSR count). The van der Waals surface area contributed by atoms with Gasteiger partial charge < -0.3 is 14.8 Å². The first-order valence-electron chi connectivity index (χ1n) is 8.08. The van der Waals surface area contributed by atoms with Crippen molar-refractivity contribution in [1.29, 1.82) is 0 Å². The van der Waals surface area contributed by atoms with Crippen molar-refractivity contribution in [1.82, 2.24) is 9.59 Å². The zero-order valence-electron chi connectivity index (χ0n) is 14.3. The van der Waals surface area contributed by atoms with Gasteiger partial charge in [-0.05, 0) is 50.2 Å². The van der Waals surface area contributed by atoms with Gasteiger partial charge in [0.15, 0.2) is 11.5 Å². The molecule has 2 heterocycles. The average Bonchev–Trinajstić information content (AvgIpc) is 3.28. The Kier molecular flexibility index (Phi) is 5.62. The number of carbonyl (C=O) groups is 3. The van der Waals surface area contributed by atoms with Crippen molar-refractivity contribution in [2.24, 2.45) is 0 Å². The number of thiophene rings is 1. The summed E-state index contributed by atoms with van der Waals surface area (Å²) >= 11 is 2.29. The van der Waals surface area contributed by atoms with E-state index < -0.39 is 24.5 Å². The Morgan fingerprint density at radius 3 is 2.69 bits per heavy atom. The standard InChI is InChI=1S/C16H17N3O5S2/c1-3-23-15(21)12-9-5-4-6-10(9)25-14(12)17-11(20)7-24-16(22)13-8(2)18-19-26-13/h3-7H2,1-2H3,(H,17,20). The molecule has 0 radical (unpaired) electrons. The topological polar surface area (TPSA) is 107 Å². The van der Waals surface area contributed by atoms with E-state index in [1.165, 1.54) is 11.3 Å². The Balaban J connectivity index is 1.67. The summed E-state index contributed by atoms with van der Waals surface area (Å²) in [6, 6.07) is 0. The van der Waals surface area contributed by atoms with Crippen molar-refractivity contribution < 1.29 is 23.9 Å². The minimum absolute atomic E-state index is 0.261. The fourth-order valence-electron chi connectivity index (χ4n) is 2.69. The molecule has 1 amide bonds. The summed E-state index contributed by atoms with van der Waals surface area (Å²) in [4.78, 5) is 37.7. The first-order valence-corrected chi connectivity index (χ1v) is 9.67. The maximum atomic E-state index is 12.3. The maximum Gasteiger partial charge on any atom is 0.352 e. The minimum Gasteiger partial charge on any atom is -0.462 e. The number of carbonyl (C=O) groups excluding carboxylic acids is 3. The van der Waals surface area contributed by atoms with E-state index in [1.54, 1.807) is 13.8 Å². The van der Waals surface area contributed by atoms with Gasteiger partial charge in [-0.2, -0.15) is 0 Å². The van der Waals surface area contributed by atoms with Gasteiger partial charge in [-0.25, -0.2) is 9.59 Å². The Hall–Kier alpha value is -2.33. The second kappa shape index (κ2) is 7.92. The highest BCUT2D eigenvalue weighted by molar-refractivity contribution is 7.17. The highest BCUT2D eigenvalue weighted by Gasteiger charge is 2.28. The van der Waals surface area contributed by atoms with Crippen LogP contribution in [0.15, 0.2) is 0 Å². The fraction of sp³-hybridized carbons (Fsp3) is 0.438. The molecule has 1 N–H and O–H groups in total.